The van der Waals surface area contributed by atoms with E-state index in [1.54, 1.807) is 13.8 Å². The largest absolute Gasteiger partial charge is 0.341 e. The molecule has 4 amide bonds. The summed E-state index contributed by atoms with van der Waals surface area (Å²) in [6.45, 7) is 3.54. The summed E-state index contributed by atoms with van der Waals surface area (Å²) in [5.41, 5.74) is 0. The SMILES string of the molecule is CNC(=O)N(C(=O)NC)C(C)C. The van der Waals surface area contributed by atoms with Crippen molar-refractivity contribution >= 4 is 12.1 Å². The van der Waals surface area contributed by atoms with E-state index in [0.29, 0.717) is 0 Å². The van der Waals surface area contributed by atoms with Crippen molar-refractivity contribution in [2.75, 3.05) is 14.1 Å². The van der Waals surface area contributed by atoms with Crippen LogP contribution in [-0.2, 0) is 0 Å². The Bertz CT molecular complexity index is 163. The van der Waals surface area contributed by atoms with Gasteiger partial charge in [-0.1, -0.05) is 0 Å². The van der Waals surface area contributed by atoms with Crippen LogP contribution in [0.25, 0.3) is 0 Å². The highest BCUT2D eigenvalue weighted by Gasteiger charge is 2.21. The summed E-state index contributed by atoms with van der Waals surface area (Å²) in [5, 5.41) is 4.78. The summed E-state index contributed by atoms with van der Waals surface area (Å²) in [6.07, 6.45) is 0. The van der Waals surface area contributed by atoms with Gasteiger partial charge in [-0.3, -0.25) is 0 Å². The maximum atomic E-state index is 11.1. The summed E-state index contributed by atoms with van der Waals surface area (Å²) in [6, 6.07) is -0.946. The first-order valence-corrected chi connectivity index (χ1v) is 3.77. The van der Waals surface area contributed by atoms with Crippen molar-refractivity contribution in [3.8, 4) is 0 Å². The molecule has 0 atom stereocenters. The van der Waals surface area contributed by atoms with Crippen molar-refractivity contribution in [2.45, 2.75) is 19.9 Å². The molecule has 70 valence electrons. The molecule has 0 aromatic rings. The van der Waals surface area contributed by atoms with Crippen LogP contribution in [0.4, 0.5) is 9.59 Å². The van der Waals surface area contributed by atoms with Gasteiger partial charge in [-0.2, -0.15) is 0 Å². The average Bonchev–Trinajstić information content (AvgIpc) is 2.03. The van der Waals surface area contributed by atoms with Gasteiger partial charge in [-0.25, -0.2) is 14.5 Å². The Kier molecular flexibility index (Phi) is 4.10. The van der Waals surface area contributed by atoms with Gasteiger partial charge >= 0.3 is 12.1 Å². The molecule has 0 aliphatic carbocycles. The third kappa shape index (κ3) is 2.41. The average molecular weight is 173 g/mol. The zero-order chi connectivity index (χ0) is 9.72. The molecule has 0 spiro atoms. The molecule has 0 saturated carbocycles. The number of hydrogen-bond donors (Lipinski definition) is 2. The number of carbonyl (C=O) groups excluding carboxylic acids is 2. The summed E-state index contributed by atoms with van der Waals surface area (Å²) < 4.78 is 0. The summed E-state index contributed by atoms with van der Waals surface area (Å²) in [4.78, 5) is 23.3. The van der Waals surface area contributed by atoms with E-state index in [1.807, 2.05) is 0 Å². The lowest BCUT2D eigenvalue weighted by molar-refractivity contribution is 0.178. The van der Waals surface area contributed by atoms with E-state index in [2.05, 4.69) is 10.6 Å². The van der Waals surface area contributed by atoms with Crippen molar-refractivity contribution in [1.82, 2.24) is 15.5 Å². The summed E-state index contributed by atoms with van der Waals surface area (Å²) in [5.74, 6) is 0. The van der Waals surface area contributed by atoms with Crippen molar-refractivity contribution in [1.29, 1.82) is 0 Å². The fraction of sp³-hybridized carbons (Fsp3) is 0.714. The predicted molar refractivity (Wildman–Crippen MR) is 45.9 cm³/mol. The van der Waals surface area contributed by atoms with Crippen molar-refractivity contribution in [3.05, 3.63) is 0 Å². The predicted octanol–water partition coefficient (Wildman–Crippen LogP) is 0.376. The van der Waals surface area contributed by atoms with Gasteiger partial charge in [-0.05, 0) is 13.8 Å². The monoisotopic (exact) mass is 173 g/mol. The third-order valence-corrected chi connectivity index (χ3v) is 1.38. The van der Waals surface area contributed by atoms with Crippen LogP contribution < -0.4 is 10.6 Å². The Morgan fingerprint density at radius 1 is 1.08 bits per heavy atom. The van der Waals surface area contributed by atoms with Crippen LogP contribution in [0.15, 0.2) is 0 Å². The topological polar surface area (TPSA) is 61.4 Å². The van der Waals surface area contributed by atoms with Gasteiger partial charge in [-0.15, -0.1) is 0 Å². The van der Waals surface area contributed by atoms with Crippen LogP contribution in [0.5, 0.6) is 0 Å². The molecule has 0 fully saturated rings. The number of urea groups is 2. The van der Waals surface area contributed by atoms with E-state index in [-0.39, 0.29) is 6.04 Å². The van der Waals surface area contributed by atoms with Crippen LogP contribution in [0.1, 0.15) is 13.8 Å². The van der Waals surface area contributed by atoms with Gasteiger partial charge in [0.1, 0.15) is 0 Å². The lowest BCUT2D eigenvalue weighted by Crippen LogP contribution is -2.50. The van der Waals surface area contributed by atoms with Crippen LogP contribution in [0, 0.1) is 0 Å². The van der Waals surface area contributed by atoms with Gasteiger partial charge in [0.15, 0.2) is 0 Å². The van der Waals surface area contributed by atoms with Crippen LogP contribution in [0.3, 0.4) is 0 Å². The fourth-order valence-electron chi connectivity index (χ4n) is 0.802. The Labute approximate surface area is 72.1 Å². The zero-order valence-electron chi connectivity index (χ0n) is 7.84. The molecule has 0 unspecified atom stereocenters. The normalized spacial score (nSPS) is 9.42. The molecule has 0 saturated heterocycles. The molecule has 0 radical (unpaired) electrons. The Morgan fingerprint density at radius 2 is 1.42 bits per heavy atom. The number of carbonyl (C=O) groups is 2. The first kappa shape index (κ1) is 10.7. The number of rotatable bonds is 1. The molecule has 0 bridgehead atoms. The number of amides is 4. The maximum Gasteiger partial charge on any atom is 0.325 e. The second kappa shape index (κ2) is 4.58. The Hall–Kier alpha value is -1.26. The highest BCUT2D eigenvalue weighted by molar-refractivity contribution is 5.93. The van der Waals surface area contributed by atoms with E-state index in [4.69, 9.17) is 0 Å². The number of hydrogen-bond acceptors (Lipinski definition) is 2. The number of nitrogens with one attached hydrogen (secondary N) is 2. The van der Waals surface area contributed by atoms with Gasteiger partial charge in [0.05, 0.1) is 0 Å². The zero-order valence-corrected chi connectivity index (χ0v) is 7.84. The quantitative estimate of drug-likeness (QED) is 0.602. The lowest BCUT2D eigenvalue weighted by atomic mass is 10.3. The van der Waals surface area contributed by atoms with E-state index in [9.17, 15) is 9.59 Å². The third-order valence-electron chi connectivity index (χ3n) is 1.38. The first-order valence-electron chi connectivity index (χ1n) is 3.77. The standard InChI is InChI=1S/C7H15N3O2/c1-5(2)10(6(11)8-3)7(12)9-4/h5H,1-4H3,(H,8,11)(H,9,12). The van der Waals surface area contributed by atoms with Crippen molar-refractivity contribution in [3.63, 3.8) is 0 Å². The molecule has 0 aromatic heterocycles. The fourth-order valence-corrected chi connectivity index (χ4v) is 0.802. The molecule has 0 heterocycles. The molecular formula is C7H15N3O2. The van der Waals surface area contributed by atoms with Gasteiger partial charge < -0.3 is 10.6 Å². The number of imide groups is 1. The van der Waals surface area contributed by atoms with E-state index in [0.717, 1.165) is 4.90 Å². The van der Waals surface area contributed by atoms with Crippen molar-refractivity contribution < 1.29 is 9.59 Å². The minimum Gasteiger partial charge on any atom is -0.341 e. The van der Waals surface area contributed by atoms with Crippen LogP contribution in [-0.4, -0.2) is 37.1 Å². The summed E-state index contributed by atoms with van der Waals surface area (Å²) >= 11 is 0. The Morgan fingerprint density at radius 3 is 1.58 bits per heavy atom. The maximum absolute atomic E-state index is 11.1. The van der Waals surface area contributed by atoms with Crippen LogP contribution >= 0.6 is 0 Å². The van der Waals surface area contributed by atoms with E-state index < -0.39 is 12.1 Å². The second-order valence-electron chi connectivity index (χ2n) is 2.57. The number of nitrogens with zero attached hydrogens (tertiary/aromatic N) is 1. The highest BCUT2D eigenvalue weighted by Crippen LogP contribution is 1.98. The lowest BCUT2D eigenvalue weighted by Gasteiger charge is -2.23. The van der Waals surface area contributed by atoms with E-state index >= 15 is 0 Å². The molecular weight excluding hydrogens is 158 g/mol. The smallest absolute Gasteiger partial charge is 0.325 e. The van der Waals surface area contributed by atoms with E-state index in [1.165, 1.54) is 14.1 Å². The molecule has 0 aliphatic rings. The minimum absolute atomic E-state index is 0.148. The molecule has 12 heavy (non-hydrogen) atoms. The highest BCUT2D eigenvalue weighted by atomic mass is 16.2. The van der Waals surface area contributed by atoms with Gasteiger partial charge in [0.25, 0.3) is 0 Å². The molecule has 5 heteroatoms. The van der Waals surface area contributed by atoms with Gasteiger partial charge in [0, 0.05) is 20.1 Å². The summed E-state index contributed by atoms with van der Waals surface area (Å²) in [7, 11) is 2.97. The minimum atomic E-state index is -0.399. The molecule has 0 rings (SSSR count). The second-order valence-corrected chi connectivity index (χ2v) is 2.57. The Balaban J connectivity index is 4.43. The van der Waals surface area contributed by atoms with Crippen LogP contribution in [0.2, 0.25) is 0 Å². The van der Waals surface area contributed by atoms with Gasteiger partial charge in [0.2, 0.25) is 0 Å². The first-order chi connectivity index (χ1) is 5.54. The van der Waals surface area contributed by atoms with Crippen molar-refractivity contribution in [2.24, 2.45) is 0 Å². The molecule has 2 N–H and O–H groups in total. The molecule has 0 aromatic carbocycles. The molecule has 0 aliphatic heterocycles. The molecule has 5 nitrogen and oxygen atoms in total.